The van der Waals surface area contributed by atoms with Crippen LogP contribution >= 0.6 is 15.9 Å². The first kappa shape index (κ1) is 14.0. The number of amides is 2. The Labute approximate surface area is 110 Å². The van der Waals surface area contributed by atoms with Crippen LogP contribution < -0.4 is 10.6 Å². The second-order valence-electron chi connectivity index (χ2n) is 3.67. The number of methoxy groups -OCH3 is 1. The minimum absolute atomic E-state index is 0.0226. The predicted octanol–water partition coefficient (Wildman–Crippen LogP) is 2.46. The molecule has 1 unspecified atom stereocenters. The van der Waals surface area contributed by atoms with Crippen molar-refractivity contribution in [2.24, 2.45) is 0 Å². The molecule has 1 aromatic rings. The minimum Gasteiger partial charge on any atom is -0.383 e. The largest absolute Gasteiger partial charge is 0.383 e. The highest BCUT2D eigenvalue weighted by Crippen LogP contribution is 2.16. The van der Waals surface area contributed by atoms with Gasteiger partial charge in [0.15, 0.2) is 0 Å². The van der Waals surface area contributed by atoms with Gasteiger partial charge < -0.3 is 15.4 Å². The average molecular weight is 301 g/mol. The van der Waals surface area contributed by atoms with E-state index < -0.39 is 0 Å². The van der Waals surface area contributed by atoms with Gasteiger partial charge in [0.1, 0.15) is 0 Å². The smallest absolute Gasteiger partial charge is 0.315 e. The third-order valence-electron chi connectivity index (χ3n) is 2.31. The zero-order chi connectivity index (χ0) is 12.7. The third kappa shape index (κ3) is 5.19. The molecule has 0 aliphatic heterocycles. The molecule has 4 nitrogen and oxygen atoms in total. The highest BCUT2D eigenvalue weighted by molar-refractivity contribution is 9.10. The van der Waals surface area contributed by atoms with Crippen LogP contribution in [0.3, 0.4) is 0 Å². The first-order valence-corrected chi connectivity index (χ1v) is 6.21. The predicted molar refractivity (Wildman–Crippen MR) is 71.0 cm³/mol. The van der Waals surface area contributed by atoms with Crippen molar-refractivity contribution < 1.29 is 9.53 Å². The molecule has 1 aromatic carbocycles. The molecule has 0 heterocycles. The van der Waals surface area contributed by atoms with E-state index in [2.05, 4.69) is 26.6 Å². The molecule has 0 aromatic heterocycles. The monoisotopic (exact) mass is 300 g/mol. The van der Waals surface area contributed by atoms with Gasteiger partial charge in [-0.2, -0.15) is 0 Å². The maximum atomic E-state index is 11.5. The molecule has 1 atom stereocenters. The standard InChI is InChI=1S/C12H17BrN2O2/c1-9(10-3-5-11(13)6-4-10)15-12(16)14-7-8-17-2/h3-6,9H,7-8H2,1-2H3,(H2,14,15,16). The van der Waals surface area contributed by atoms with Crippen molar-refractivity contribution >= 4 is 22.0 Å². The highest BCUT2D eigenvalue weighted by atomic mass is 79.9. The van der Waals surface area contributed by atoms with E-state index >= 15 is 0 Å². The zero-order valence-corrected chi connectivity index (χ0v) is 11.6. The van der Waals surface area contributed by atoms with Crippen LogP contribution in [0.1, 0.15) is 18.5 Å². The number of rotatable bonds is 5. The van der Waals surface area contributed by atoms with E-state index in [-0.39, 0.29) is 12.1 Å². The Morgan fingerprint density at radius 3 is 2.65 bits per heavy atom. The summed E-state index contributed by atoms with van der Waals surface area (Å²) >= 11 is 3.37. The number of halogens is 1. The fraction of sp³-hybridized carbons (Fsp3) is 0.417. The topological polar surface area (TPSA) is 50.4 Å². The van der Waals surface area contributed by atoms with E-state index in [1.54, 1.807) is 7.11 Å². The Morgan fingerprint density at radius 2 is 2.06 bits per heavy atom. The van der Waals surface area contributed by atoms with Gasteiger partial charge in [-0.25, -0.2) is 4.79 Å². The maximum absolute atomic E-state index is 11.5. The molecule has 2 amide bonds. The number of carbonyl (C=O) groups excluding carboxylic acids is 1. The summed E-state index contributed by atoms with van der Waals surface area (Å²) in [4.78, 5) is 11.5. The van der Waals surface area contributed by atoms with Crippen LogP contribution in [-0.2, 0) is 4.74 Å². The molecule has 0 saturated heterocycles. The van der Waals surface area contributed by atoms with E-state index in [4.69, 9.17) is 4.74 Å². The molecule has 17 heavy (non-hydrogen) atoms. The number of carbonyl (C=O) groups is 1. The molecule has 0 radical (unpaired) electrons. The van der Waals surface area contributed by atoms with Crippen LogP contribution in [0.25, 0.3) is 0 Å². The van der Waals surface area contributed by atoms with Crippen molar-refractivity contribution in [3.8, 4) is 0 Å². The van der Waals surface area contributed by atoms with Gasteiger partial charge in [0.25, 0.3) is 0 Å². The van der Waals surface area contributed by atoms with Crippen LogP contribution in [-0.4, -0.2) is 26.3 Å². The lowest BCUT2D eigenvalue weighted by atomic mass is 10.1. The third-order valence-corrected chi connectivity index (χ3v) is 2.84. The van der Waals surface area contributed by atoms with E-state index in [0.29, 0.717) is 13.2 Å². The summed E-state index contributed by atoms with van der Waals surface area (Å²) in [6, 6.07) is 7.66. The number of urea groups is 1. The van der Waals surface area contributed by atoms with Gasteiger partial charge in [-0.1, -0.05) is 28.1 Å². The zero-order valence-electron chi connectivity index (χ0n) is 10.00. The lowest BCUT2D eigenvalue weighted by Gasteiger charge is -2.15. The molecule has 0 bridgehead atoms. The molecule has 0 fully saturated rings. The SMILES string of the molecule is COCCNC(=O)NC(C)c1ccc(Br)cc1. The van der Waals surface area contributed by atoms with Gasteiger partial charge in [0.2, 0.25) is 0 Å². The minimum atomic E-state index is -0.183. The average Bonchev–Trinajstić information content (AvgIpc) is 2.30. The second kappa shape index (κ2) is 7.29. The Morgan fingerprint density at radius 1 is 1.41 bits per heavy atom. The number of benzene rings is 1. The molecular formula is C12H17BrN2O2. The van der Waals surface area contributed by atoms with Gasteiger partial charge in [-0.15, -0.1) is 0 Å². The molecule has 0 spiro atoms. The maximum Gasteiger partial charge on any atom is 0.315 e. The Kier molecular flexibility index (Phi) is 6.00. The van der Waals surface area contributed by atoms with Gasteiger partial charge in [-0.05, 0) is 24.6 Å². The van der Waals surface area contributed by atoms with Crippen LogP contribution in [0.2, 0.25) is 0 Å². The Balaban J connectivity index is 2.40. The molecule has 0 saturated carbocycles. The quantitative estimate of drug-likeness (QED) is 0.821. The van der Waals surface area contributed by atoms with E-state index in [1.807, 2.05) is 31.2 Å². The summed E-state index contributed by atoms with van der Waals surface area (Å²) in [5.41, 5.74) is 1.06. The van der Waals surface area contributed by atoms with Crippen LogP contribution in [0, 0.1) is 0 Å². The normalized spacial score (nSPS) is 11.9. The van der Waals surface area contributed by atoms with Crippen molar-refractivity contribution in [1.82, 2.24) is 10.6 Å². The fourth-order valence-electron chi connectivity index (χ4n) is 1.35. The first-order valence-electron chi connectivity index (χ1n) is 5.42. The molecule has 0 aliphatic carbocycles. The van der Waals surface area contributed by atoms with Crippen LogP contribution in [0.5, 0.6) is 0 Å². The molecule has 2 N–H and O–H groups in total. The summed E-state index contributed by atoms with van der Waals surface area (Å²) in [6.45, 7) is 2.97. The van der Waals surface area contributed by atoms with Gasteiger partial charge in [0.05, 0.1) is 12.6 Å². The summed E-state index contributed by atoms with van der Waals surface area (Å²) in [5, 5.41) is 5.56. The first-order chi connectivity index (χ1) is 8.13. The van der Waals surface area contributed by atoms with Crippen molar-refractivity contribution in [3.05, 3.63) is 34.3 Å². The number of ether oxygens (including phenoxy) is 1. The molecule has 0 aliphatic rings. The molecular weight excluding hydrogens is 284 g/mol. The second-order valence-corrected chi connectivity index (χ2v) is 4.58. The summed E-state index contributed by atoms with van der Waals surface area (Å²) in [6.07, 6.45) is 0. The summed E-state index contributed by atoms with van der Waals surface area (Å²) in [7, 11) is 1.60. The lowest BCUT2D eigenvalue weighted by Crippen LogP contribution is -2.38. The van der Waals surface area contributed by atoms with E-state index in [9.17, 15) is 4.79 Å². The fourth-order valence-corrected chi connectivity index (χ4v) is 1.61. The highest BCUT2D eigenvalue weighted by Gasteiger charge is 2.08. The number of hydrogen-bond donors (Lipinski definition) is 2. The van der Waals surface area contributed by atoms with E-state index in [1.165, 1.54) is 0 Å². The Hall–Kier alpha value is -1.07. The Bertz CT molecular complexity index is 354. The van der Waals surface area contributed by atoms with Crippen LogP contribution in [0.15, 0.2) is 28.7 Å². The number of nitrogens with one attached hydrogen (secondary N) is 2. The molecule has 1 rings (SSSR count). The van der Waals surface area contributed by atoms with Crippen molar-refractivity contribution in [3.63, 3.8) is 0 Å². The van der Waals surface area contributed by atoms with Crippen molar-refractivity contribution in [2.45, 2.75) is 13.0 Å². The van der Waals surface area contributed by atoms with E-state index in [0.717, 1.165) is 10.0 Å². The van der Waals surface area contributed by atoms with Crippen molar-refractivity contribution in [1.29, 1.82) is 0 Å². The van der Waals surface area contributed by atoms with Gasteiger partial charge >= 0.3 is 6.03 Å². The van der Waals surface area contributed by atoms with Gasteiger partial charge in [0, 0.05) is 18.1 Å². The van der Waals surface area contributed by atoms with Crippen molar-refractivity contribution in [2.75, 3.05) is 20.3 Å². The number of hydrogen-bond acceptors (Lipinski definition) is 2. The van der Waals surface area contributed by atoms with Gasteiger partial charge in [-0.3, -0.25) is 0 Å². The molecule has 94 valence electrons. The molecule has 5 heteroatoms. The summed E-state index contributed by atoms with van der Waals surface area (Å²) < 4.78 is 5.87. The summed E-state index contributed by atoms with van der Waals surface area (Å²) in [5.74, 6) is 0. The van der Waals surface area contributed by atoms with Crippen LogP contribution in [0.4, 0.5) is 4.79 Å². The lowest BCUT2D eigenvalue weighted by molar-refractivity contribution is 0.195.